The molecule has 0 aliphatic carbocycles. The molecule has 0 saturated heterocycles. The molecule has 2 heterocycles. The first kappa shape index (κ1) is 14.8. The third kappa shape index (κ3) is 2.64. The fraction of sp³-hybridized carbons (Fsp3) is 0.294. The van der Waals surface area contributed by atoms with Crippen LogP contribution in [0.5, 0.6) is 0 Å². The van der Waals surface area contributed by atoms with Crippen molar-refractivity contribution in [3.8, 4) is 0 Å². The van der Waals surface area contributed by atoms with E-state index in [0.29, 0.717) is 5.13 Å². The second kappa shape index (κ2) is 6.32. The van der Waals surface area contributed by atoms with Crippen LogP contribution in [-0.4, -0.2) is 15.5 Å². The Kier molecular flexibility index (Phi) is 4.24. The smallest absolute Gasteiger partial charge is 0.274 e. The van der Waals surface area contributed by atoms with Crippen molar-refractivity contribution in [2.75, 3.05) is 5.32 Å². The summed E-state index contributed by atoms with van der Waals surface area (Å²) in [7, 11) is 0. The van der Waals surface area contributed by atoms with Crippen molar-refractivity contribution in [2.45, 2.75) is 33.2 Å². The first-order valence-electron chi connectivity index (χ1n) is 7.51. The minimum Gasteiger partial charge on any atom is -0.336 e. The molecule has 114 valence electrons. The molecule has 0 aliphatic rings. The van der Waals surface area contributed by atoms with E-state index in [1.54, 1.807) is 6.20 Å². The first-order valence-corrected chi connectivity index (χ1v) is 8.39. The van der Waals surface area contributed by atoms with Crippen molar-refractivity contribution in [3.63, 3.8) is 0 Å². The highest BCUT2D eigenvalue weighted by Crippen LogP contribution is 2.27. The molecule has 1 amide bonds. The van der Waals surface area contributed by atoms with Crippen molar-refractivity contribution in [2.24, 2.45) is 0 Å². The molecule has 0 unspecified atom stereocenters. The van der Waals surface area contributed by atoms with E-state index in [4.69, 9.17) is 0 Å². The van der Waals surface area contributed by atoms with Gasteiger partial charge in [-0.15, -0.1) is 11.3 Å². The lowest BCUT2D eigenvalue weighted by molar-refractivity contribution is 0.101. The fourth-order valence-corrected chi connectivity index (χ4v) is 3.28. The summed E-state index contributed by atoms with van der Waals surface area (Å²) in [4.78, 5) is 16.9. The first-order chi connectivity index (χ1) is 10.7. The lowest BCUT2D eigenvalue weighted by Gasteiger charge is -2.10. The number of nitrogens with zero attached hydrogens (tertiary/aromatic N) is 2. The van der Waals surface area contributed by atoms with Gasteiger partial charge in [-0.25, -0.2) is 4.98 Å². The Morgan fingerprint density at radius 1 is 1.36 bits per heavy atom. The van der Waals surface area contributed by atoms with Crippen molar-refractivity contribution < 1.29 is 4.79 Å². The topological polar surface area (TPSA) is 46.9 Å². The Bertz CT molecular complexity index is 790. The monoisotopic (exact) mass is 313 g/mol. The lowest BCUT2D eigenvalue weighted by Crippen LogP contribution is -2.18. The van der Waals surface area contributed by atoms with Gasteiger partial charge < -0.3 is 4.57 Å². The fourth-order valence-electron chi connectivity index (χ4n) is 2.76. The number of unbranched alkanes of at least 4 members (excludes halogenated alkanes) is 1. The molecule has 0 radical (unpaired) electrons. The van der Waals surface area contributed by atoms with Crippen molar-refractivity contribution in [3.05, 3.63) is 47.1 Å². The van der Waals surface area contributed by atoms with Crippen molar-refractivity contribution >= 4 is 33.3 Å². The molecule has 22 heavy (non-hydrogen) atoms. The van der Waals surface area contributed by atoms with Crippen LogP contribution in [0.15, 0.2) is 35.8 Å². The zero-order valence-electron chi connectivity index (χ0n) is 12.8. The predicted molar refractivity (Wildman–Crippen MR) is 91.7 cm³/mol. The van der Waals surface area contributed by atoms with E-state index in [1.165, 1.54) is 11.3 Å². The maximum atomic E-state index is 12.7. The van der Waals surface area contributed by atoms with Gasteiger partial charge in [0.05, 0.1) is 0 Å². The van der Waals surface area contributed by atoms with E-state index >= 15 is 0 Å². The summed E-state index contributed by atoms with van der Waals surface area (Å²) < 4.78 is 2.14. The van der Waals surface area contributed by atoms with Gasteiger partial charge in [0.25, 0.3) is 5.91 Å². The molecule has 4 nitrogen and oxygen atoms in total. The number of aromatic nitrogens is 2. The van der Waals surface area contributed by atoms with Gasteiger partial charge in [-0.1, -0.05) is 31.5 Å². The van der Waals surface area contributed by atoms with Crippen LogP contribution in [0.2, 0.25) is 0 Å². The second-order valence-electron chi connectivity index (χ2n) is 5.29. The maximum Gasteiger partial charge on any atom is 0.274 e. The van der Waals surface area contributed by atoms with Gasteiger partial charge in [0.1, 0.15) is 5.69 Å². The minimum absolute atomic E-state index is 0.0836. The van der Waals surface area contributed by atoms with Gasteiger partial charge >= 0.3 is 0 Å². The summed E-state index contributed by atoms with van der Waals surface area (Å²) in [6.07, 6.45) is 3.84. The zero-order chi connectivity index (χ0) is 15.5. The molecule has 1 N–H and O–H groups in total. The maximum absolute atomic E-state index is 12.7. The Hall–Kier alpha value is -2.14. The SMILES string of the molecule is CCCCn1c(C(=O)Nc2nccs2)c(C)c2ccccc21. The molecule has 3 aromatic rings. The molecule has 3 rings (SSSR count). The lowest BCUT2D eigenvalue weighted by atomic mass is 10.1. The molecule has 1 aromatic carbocycles. The Morgan fingerprint density at radius 3 is 2.91 bits per heavy atom. The van der Waals surface area contributed by atoms with Crippen LogP contribution in [-0.2, 0) is 6.54 Å². The number of nitrogens with one attached hydrogen (secondary N) is 1. The van der Waals surface area contributed by atoms with Gasteiger partial charge in [-0.3, -0.25) is 10.1 Å². The van der Waals surface area contributed by atoms with Crippen LogP contribution in [0.3, 0.4) is 0 Å². The van der Waals surface area contributed by atoms with E-state index in [2.05, 4.69) is 33.9 Å². The predicted octanol–water partition coefficient (Wildman–Crippen LogP) is 4.46. The largest absolute Gasteiger partial charge is 0.336 e. The Morgan fingerprint density at radius 2 is 2.18 bits per heavy atom. The summed E-state index contributed by atoms with van der Waals surface area (Å²) in [6, 6.07) is 8.19. The second-order valence-corrected chi connectivity index (χ2v) is 6.18. The molecule has 5 heteroatoms. The average molecular weight is 313 g/mol. The zero-order valence-corrected chi connectivity index (χ0v) is 13.6. The number of rotatable bonds is 5. The van der Waals surface area contributed by atoms with Crippen LogP contribution < -0.4 is 5.32 Å². The molecular formula is C17H19N3OS. The molecule has 2 aromatic heterocycles. The van der Waals surface area contributed by atoms with Crippen LogP contribution in [0.1, 0.15) is 35.8 Å². The van der Waals surface area contributed by atoms with Gasteiger partial charge in [0.2, 0.25) is 0 Å². The summed E-state index contributed by atoms with van der Waals surface area (Å²) in [5.41, 5.74) is 2.89. The van der Waals surface area contributed by atoms with Crippen LogP contribution >= 0.6 is 11.3 Å². The highest BCUT2D eigenvalue weighted by atomic mass is 32.1. The highest BCUT2D eigenvalue weighted by Gasteiger charge is 2.20. The summed E-state index contributed by atoms with van der Waals surface area (Å²) in [5, 5.41) is 6.54. The van der Waals surface area contributed by atoms with Crippen molar-refractivity contribution in [1.82, 2.24) is 9.55 Å². The van der Waals surface area contributed by atoms with Gasteiger partial charge in [-0.2, -0.15) is 0 Å². The highest BCUT2D eigenvalue weighted by molar-refractivity contribution is 7.13. The van der Waals surface area contributed by atoms with Crippen LogP contribution in [0.4, 0.5) is 5.13 Å². The van der Waals surface area contributed by atoms with Crippen LogP contribution in [0.25, 0.3) is 10.9 Å². The number of aryl methyl sites for hydroxylation is 2. The number of anilines is 1. The number of carbonyl (C=O) groups excluding carboxylic acids is 1. The molecule has 0 spiro atoms. The van der Waals surface area contributed by atoms with Gasteiger partial charge in [0.15, 0.2) is 5.13 Å². The number of carbonyl (C=O) groups is 1. The quantitative estimate of drug-likeness (QED) is 0.756. The molecule has 0 aliphatic heterocycles. The van der Waals surface area contributed by atoms with E-state index in [0.717, 1.165) is 41.5 Å². The third-order valence-corrected chi connectivity index (χ3v) is 4.52. The van der Waals surface area contributed by atoms with Crippen molar-refractivity contribution in [1.29, 1.82) is 0 Å². The molecular weight excluding hydrogens is 294 g/mol. The molecule has 0 bridgehead atoms. The summed E-state index contributed by atoms with van der Waals surface area (Å²) >= 11 is 1.43. The molecule has 0 atom stereocenters. The van der Waals surface area contributed by atoms with Gasteiger partial charge in [-0.05, 0) is 25.0 Å². The Balaban J connectivity index is 2.06. The number of benzene rings is 1. The molecule has 0 fully saturated rings. The van der Waals surface area contributed by atoms with E-state index < -0.39 is 0 Å². The number of hydrogen-bond donors (Lipinski definition) is 1. The standard InChI is InChI=1S/C17H19N3OS/c1-3-4-10-20-14-8-6-5-7-13(14)12(2)15(20)16(21)19-17-18-9-11-22-17/h5-9,11H,3-4,10H2,1-2H3,(H,18,19,21). The van der Waals surface area contributed by atoms with Crippen LogP contribution in [0, 0.1) is 6.92 Å². The number of thiazole rings is 1. The third-order valence-electron chi connectivity index (χ3n) is 3.83. The number of para-hydroxylation sites is 1. The number of fused-ring (bicyclic) bond motifs is 1. The normalized spacial score (nSPS) is 11.0. The number of amides is 1. The number of hydrogen-bond acceptors (Lipinski definition) is 3. The minimum atomic E-state index is -0.0836. The van der Waals surface area contributed by atoms with E-state index in [1.807, 2.05) is 24.4 Å². The van der Waals surface area contributed by atoms with E-state index in [-0.39, 0.29) is 5.91 Å². The average Bonchev–Trinajstić information content (AvgIpc) is 3.12. The summed E-state index contributed by atoms with van der Waals surface area (Å²) in [5.74, 6) is -0.0836. The molecule has 0 saturated carbocycles. The van der Waals surface area contributed by atoms with Gasteiger partial charge in [0, 0.05) is 29.0 Å². The Labute approximate surface area is 133 Å². The van der Waals surface area contributed by atoms with E-state index in [9.17, 15) is 4.79 Å². The summed E-state index contributed by atoms with van der Waals surface area (Å²) in [6.45, 7) is 5.03.